The van der Waals surface area contributed by atoms with Crippen molar-refractivity contribution in [3.05, 3.63) is 35.1 Å². The van der Waals surface area contributed by atoms with Gasteiger partial charge in [-0.3, -0.25) is 19.9 Å². The van der Waals surface area contributed by atoms with Crippen molar-refractivity contribution in [2.45, 2.75) is 19.9 Å². The molecule has 0 unspecified atom stereocenters. The minimum absolute atomic E-state index is 0.115. The normalized spacial score (nSPS) is 10.5. The van der Waals surface area contributed by atoms with Gasteiger partial charge in [0.15, 0.2) is 0 Å². The molecule has 0 aliphatic heterocycles. The molecule has 0 heterocycles. The summed E-state index contributed by atoms with van der Waals surface area (Å²) >= 11 is 0. The van der Waals surface area contributed by atoms with E-state index in [0.717, 1.165) is 6.42 Å². The molecule has 0 spiro atoms. The van der Waals surface area contributed by atoms with Crippen LogP contribution < -0.4 is 16.6 Å². The Kier molecular flexibility index (Phi) is 6.77. The number of nitrogens with two attached hydrogens (primary N) is 1. The minimum atomic E-state index is -0.486. The van der Waals surface area contributed by atoms with Gasteiger partial charge in [-0.1, -0.05) is 6.92 Å². The summed E-state index contributed by atoms with van der Waals surface area (Å²) < 4.78 is 13.7. The van der Waals surface area contributed by atoms with Crippen LogP contribution in [0.25, 0.3) is 0 Å². The molecule has 0 atom stereocenters. The molecular formula is C14H21FN4O2. The van der Waals surface area contributed by atoms with Crippen molar-refractivity contribution in [1.29, 1.82) is 0 Å². The topological polar surface area (TPSA) is 87.5 Å². The molecule has 116 valence electrons. The van der Waals surface area contributed by atoms with E-state index in [2.05, 4.69) is 5.32 Å². The highest BCUT2D eigenvalue weighted by Crippen LogP contribution is 2.12. The SMILES string of the molecule is CCCNC(=O)CN(C)Cc1cc(C(=O)NN)ccc1F. The first kappa shape index (κ1) is 17.1. The van der Waals surface area contributed by atoms with Gasteiger partial charge in [0.2, 0.25) is 5.91 Å². The van der Waals surface area contributed by atoms with Gasteiger partial charge in [0, 0.05) is 24.2 Å². The second-order valence-electron chi connectivity index (χ2n) is 4.80. The maximum Gasteiger partial charge on any atom is 0.265 e. The molecule has 4 N–H and O–H groups in total. The van der Waals surface area contributed by atoms with E-state index >= 15 is 0 Å². The molecule has 1 aromatic rings. The number of nitrogen functional groups attached to an aromatic ring is 1. The zero-order valence-electron chi connectivity index (χ0n) is 12.3. The van der Waals surface area contributed by atoms with Crippen LogP contribution in [-0.4, -0.2) is 36.9 Å². The number of halogens is 1. The van der Waals surface area contributed by atoms with E-state index in [4.69, 9.17) is 5.84 Å². The second kappa shape index (κ2) is 8.33. The number of likely N-dealkylation sites (N-methyl/N-ethyl adjacent to an activating group) is 1. The first-order chi connectivity index (χ1) is 9.97. The number of nitrogens with zero attached hydrogens (tertiary/aromatic N) is 1. The lowest BCUT2D eigenvalue weighted by Crippen LogP contribution is -2.35. The molecule has 1 aromatic carbocycles. The third-order valence-electron chi connectivity index (χ3n) is 2.86. The van der Waals surface area contributed by atoms with Gasteiger partial charge in [-0.2, -0.15) is 0 Å². The Morgan fingerprint density at radius 3 is 2.71 bits per heavy atom. The molecule has 0 saturated carbocycles. The lowest BCUT2D eigenvalue weighted by molar-refractivity contribution is -0.122. The lowest BCUT2D eigenvalue weighted by atomic mass is 10.1. The van der Waals surface area contributed by atoms with Gasteiger partial charge in [0.05, 0.1) is 6.54 Å². The number of hydrogen-bond acceptors (Lipinski definition) is 4. The van der Waals surface area contributed by atoms with Crippen molar-refractivity contribution < 1.29 is 14.0 Å². The highest BCUT2D eigenvalue weighted by Gasteiger charge is 2.12. The molecule has 7 heteroatoms. The van der Waals surface area contributed by atoms with Crippen molar-refractivity contribution in [3.63, 3.8) is 0 Å². The number of carbonyl (C=O) groups excluding carboxylic acids is 2. The minimum Gasteiger partial charge on any atom is -0.355 e. The number of hydrogen-bond donors (Lipinski definition) is 3. The van der Waals surface area contributed by atoms with Crippen molar-refractivity contribution in [3.8, 4) is 0 Å². The number of hydrazine groups is 1. The molecule has 0 bridgehead atoms. The fourth-order valence-electron chi connectivity index (χ4n) is 1.83. The highest BCUT2D eigenvalue weighted by atomic mass is 19.1. The smallest absolute Gasteiger partial charge is 0.265 e. The largest absolute Gasteiger partial charge is 0.355 e. The van der Waals surface area contributed by atoms with E-state index in [1.54, 1.807) is 11.9 Å². The quantitative estimate of drug-likeness (QED) is 0.386. The first-order valence-corrected chi connectivity index (χ1v) is 6.72. The van der Waals surface area contributed by atoms with Crippen LogP contribution >= 0.6 is 0 Å². The Balaban J connectivity index is 2.68. The van der Waals surface area contributed by atoms with Crippen LogP contribution in [-0.2, 0) is 11.3 Å². The van der Waals surface area contributed by atoms with Crippen LogP contribution in [0.1, 0.15) is 29.3 Å². The highest BCUT2D eigenvalue weighted by molar-refractivity contribution is 5.93. The summed E-state index contributed by atoms with van der Waals surface area (Å²) in [5.74, 6) is 4.02. The van der Waals surface area contributed by atoms with Gasteiger partial charge in [-0.15, -0.1) is 0 Å². The molecule has 0 aliphatic carbocycles. The van der Waals surface area contributed by atoms with Gasteiger partial charge in [-0.25, -0.2) is 10.2 Å². The number of benzene rings is 1. The molecule has 2 amide bonds. The Labute approximate surface area is 123 Å². The Morgan fingerprint density at radius 1 is 1.38 bits per heavy atom. The Morgan fingerprint density at radius 2 is 2.10 bits per heavy atom. The van der Waals surface area contributed by atoms with Gasteiger partial charge in [-0.05, 0) is 31.7 Å². The van der Waals surface area contributed by atoms with Crippen molar-refractivity contribution >= 4 is 11.8 Å². The summed E-state index contributed by atoms with van der Waals surface area (Å²) in [6.45, 7) is 2.96. The van der Waals surface area contributed by atoms with Crippen LogP contribution in [0.3, 0.4) is 0 Å². The molecule has 0 fully saturated rings. The number of nitrogens with one attached hydrogen (secondary N) is 2. The van der Waals surface area contributed by atoms with E-state index < -0.39 is 11.7 Å². The van der Waals surface area contributed by atoms with Gasteiger partial charge in [0.1, 0.15) is 5.82 Å². The standard InChI is InChI=1S/C14H21FN4O2/c1-3-6-17-13(20)9-19(2)8-11-7-10(14(21)18-16)4-5-12(11)15/h4-5,7H,3,6,8-9,16H2,1-2H3,(H,17,20)(H,18,21). The van der Waals surface area contributed by atoms with Crippen molar-refractivity contribution in [2.24, 2.45) is 5.84 Å². The summed E-state index contributed by atoms with van der Waals surface area (Å²) in [7, 11) is 1.71. The maximum atomic E-state index is 13.7. The Bertz CT molecular complexity index is 508. The zero-order chi connectivity index (χ0) is 15.8. The van der Waals surface area contributed by atoms with Gasteiger partial charge in [0.25, 0.3) is 5.91 Å². The lowest BCUT2D eigenvalue weighted by Gasteiger charge is -2.17. The molecule has 0 aliphatic rings. The zero-order valence-corrected chi connectivity index (χ0v) is 12.3. The monoisotopic (exact) mass is 296 g/mol. The summed E-state index contributed by atoms with van der Waals surface area (Å²) in [6.07, 6.45) is 0.861. The van der Waals surface area contributed by atoms with Crippen LogP contribution in [0.15, 0.2) is 18.2 Å². The summed E-state index contributed by atoms with van der Waals surface area (Å²) in [5, 5.41) is 2.75. The van der Waals surface area contributed by atoms with Crippen molar-refractivity contribution in [2.75, 3.05) is 20.1 Å². The molecule has 21 heavy (non-hydrogen) atoms. The third kappa shape index (κ3) is 5.49. The number of rotatable bonds is 7. The summed E-state index contributed by atoms with van der Waals surface area (Å²) in [5.41, 5.74) is 2.61. The average molecular weight is 296 g/mol. The maximum absolute atomic E-state index is 13.7. The molecule has 0 radical (unpaired) electrons. The van der Waals surface area contributed by atoms with E-state index in [1.165, 1.54) is 18.2 Å². The van der Waals surface area contributed by atoms with Crippen LogP contribution in [0.5, 0.6) is 0 Å². The number of amides is 2. The van der Waals surface area contributed by atoms with Crippen LogP contribution in [0, 0.1) is 5.82 Å². The predicted molar refractivity (Wildman–Crippen MR) is 77.7 cm³/mol. The van der Waals surface area contributed by atoms with Crippen LogP contribution in [0.2, 0.25) is 0 Å². The van der Waals surface area contributed by atoms with Crippen LogP contribution in [0.4, 0.5) is 4.39 Å². The fourth-order valence-corrected chi connectivity index (χ4v) is 1.83. The van der Waals surface area contributed by atoms with E-state index in [9.17, 15) is 14.0 Å². The predicted octanol–water partition coefficient (Wildman–Crippen LogP) is 0.387. The molecule has 1 rings (SSSR count). The summed E-state index contributed by atoms with van der Waals surface area (Å²) in [4.78, 5) is 24.7. The van der Waals surface area contributed by atoms with E-state index in [-0.39, 0.29) is 24.6 Å². The van der Waals surface area contributed by atoms with Gasteiger partial charge >= 0.3 is 0 Å². The molecule has 0 aromatic heterocycles. The Hall–Kier alpha value is -1.99. The van der Waals surface area contributed by atoms with E-state index in [0.29, 0.717) is 12.1 Å². The molecule has 6 nitrogen and oxygen atoms in total. The summed E-state index contributed by atoms with van der Waals surface area (Å²) in [6, 6.07) is 4.00. The van der Waals surface area contributed by atoms with Gasteiger partial charge < -0.3 is 5.32 Å². The number of carbonyl (C=O) groups is 2. The van der Waals surface area contributed by atoms with E-state index in [1.807, 2.05) is 12.3 Å². The first-order valence-electron chi connectivity index (χ1n) is 6.72. The van der Waals surface area contributed by atoms with Crippen molar-refractivity contribution in [1.82, 2.24) is 15.6 Å². The fraction of sp³-hybridized carbons (Fsp3) is 0.429. The average Bonchev–Trinajstić information content (AvgIpc) is 2.46. The second-order valence-corrected chi connectivity index (χ2v) is 4.80. The third-order valence-corrected chi connectivity index (χ3v) is 2.86. The molecular weight excluding hydrogens is 275 g/mol. The molecule has 0 saturated heterocycles.